The molecule has 0 saturated carbocycles. The van der Waals surface area contributed by atoms with Crippen LogP contribution in [0, 0.1) is 0 Å². The van der Waals surface area contributed by atoms with Crippen LogP contribution in [0.4, 0.5) is 0 Å². The molecule has 0 bridgehead atoms. The minimum atomic E-state index is -5.16. The molecular weight excluding hydrogens is 495 g/mol. The monoisotopic (exact) mass is 516 g/mol. The third kappa shape index (κ3) is 6.65. The molecule has 5 atom stereocenters. The quantitative estimate of drug-likeness (QED) is 0.0696. The molecule has 172 valence electrons. The van der Waals surface area contributed by atoms with Gasteiger partial charge in [0.1, 0.15) is 42.0 Å². The van der Waals surface area contributed by atoms with E-state index in [-0.39, 0.29) is 62.8 Å². The second-order valence-corrected chi connectivity index (χ2v) is 8.78. The predicted molar refractivity (Wildman–Crippen MR) is 108 cm³/mol. The Kier molecular flexibility index (Phi) is 10.4. The van der Waals surface area contributed by atoms with E-state index >= 15 is 0 Å². The van der Waals surface area contributed by atoms with Crippen molar-refractivity contribution in [2.24, 2.45) is 5.16 Å². The van der Waals surface area contributed by atoms with Crippen LogP contribution < -0.4 is 56.2 Å². The van der Waals surface area contributed by atoms with Crippen LogP contribution in [-0.2, 0) is 25.8 Å². The van der Waals surface area contributed by atoms with Gasteiger partial charge in [0.05, 0.1) is 12.1 Å². The number of benzene rings is 1. The summed E-state index contributed by atoms with van der Waals surface area (Å²) < 4.78 is 43.6. The summed E-state index contributed by atoms with van der Waals surface area (Å²) in [6.07, 6.45) is -4.39. The molecule has 2 aromatic rings. The van der Waals surface area contributed by atoms with Crippen molar-refractivity contribution in [3.63, 3.8) is 0 Å². The molecule has 1 aliphatic rings. The first-order valence-electron chi connectivity index (χ1n) is 8.96. The Hall–Kier alpha value is -0.274. The number of rotatable bonds is 7. The van der Waals surface area contributed by atoms with Gasteiger partial charge in [-0.3, -0.25) is 4.28 Å². The standard InChI is InChI=1S/C17H22N2O10S2.K/c1-27-19-7-9(10-4-2-3-5-11(10)19)6-13(18-29-31(24,25)26)30-17-16(23)15(22)14(21)12(8-20)28-17;/h2-5,7,12,14-17,20-23H,6,8H2,1H3,(H,24,25,26);/q;+1/p-1/b18-13-;/t12-,14-,15+,16-,17+;/m1./s1. The Bertz CT molecular complexity index is 1050. The van der Waals surface area contributed by atoms with Crippen LogP contribution in [0.25, 0.3) is 10.9 Å². The topological polar surface area (TPSA) is 183 Å². The van der Waals surface area contributed by atoms with Crippen molar-refractivity contribution in [2.45, 2.75) is 36.3 Å². The number of oxime groups is 1. The van der Waals surface area contributed by atoms with Gasteiger partial charge in [-0.25, -0.2) is 0 Å². The molecule has 15 heteroatoms. The fourth-order valence-corrected chi connectivity index (χ4v) is 4.47. The van der Waals surface area contributed by atoms with Gasteiger partial charge in [-0.1, -0.05) is 35.1 Å². The Balaban J connectivity index is 0.00000363. The smallest absolute Gasteiger partial charge is 0.714 e. The zero-order valence-corrected chi connectivity index (χ0v) is 21.9. The van der Waals surface area contributed by atoms with Gasteiger partial charge < -0.3 is 34.6 Å². The van der Waals surface area contributed by atoms with Gasteiger partial charge in [-0.05, 0) is 11.6 Å². The Labute approximate surface area is 230 Å². The van der Waals surface area contributed by atoms with Gasteiger partial charge in [0.25, 0.3) is 10.4 Å². The van der Waals surface area contributed by atoms with Crippen molar-refractivity contribution in [2.75, 3.05) is 13.7 Å². The van der Waals surface area contributed by atoms with Crippen LogP contribution in [0.5, 0.6) is 0 Å². The molecule has 2 heterocycles. The maximum absolute atomic E-state index is 10.9. The third-order valence-electron chi connectivity index (χ3n) is 4.63. The van der Waals surface area contributed by atoms with E-state index < -0.39 is 46.9 Å². The summed E-state index contributed by atoms with van der Waals surface area (Å²) >= 11 is 0.677. The molecule has 0 amide bonds. The number of ether oxygens (including phenoxy) is 1. The Morgan fingerprint density at radius 1 is 1.25 bits per heavy atom. The average molecular weight is 517 g/mol. The van der Waals surface area contributed by atoms with E-state index in [4.69, 9.17) is 9.57 Å². The molecule has 0 radical (unpaired) electrons. The maximum Gasteiger partial charge on any atom is 1.00 e. The molecule has 1 fully saturated rings. The molecule has 0 unspecified atom stereocenters. The van der Waals surface area contributed by atoms with Crippen molar-refractivity contribution in [1.29, 1.82) is 0 Å². The van der Waals surface area contributed by atoms with E-state index in [0.717, 1.165) is 10.9 Å². The molecule has 1 saturated heterocycles. The van der Waals surface area contributed by atoms with Crippen LogP contribution in [0.15, 0.2) is 35.6 Å². The molecule has 3 rings (SSSR count). The minimum Gasteiger partial charge on any atom is -0.714 e. The van der Waals surface area contributed by atoms with Crippen molar-refractivity contribution in [3.05, 3.63) is 36.0 Å². The normalized spacial score (nSPS) is 26.6. The predicted octanol–water partition coefficient (Wildman–Crippen LogP) is -4.43. The fraction of sp³-hybridized carbons (Fsp3) is 0.471. The van der Waals surface area contributed by atoms with Crippen LogP contribution >= 0.6 is 11.8 Å². The van der Waals surface area contributed by atoms with Gasteiger partial charge in [-0.2, -0.15) is 13.1 Å². The fourth-order valence-electron chi connectivity index (χ4n) is 3.15. The third-order valence-corrected chi connectivity index (χ3v) is 6.00. The zero-order chi connectivity index (χ0) is 22.8. The molecule has 1 aliphatic heterocycles. The summed E-state index contributed by atoms with van der Waals surface area (Å²) in [5.74, 6) is 0. The van der Waals surface area contributed by atoms with Crippen LogP contribution in [0.3, 0.4) is 0 Å². The van der Waals surface area contributed by atoms with E-state index in [1.165, 1.54) is 11.8 Å². The Morgan fingerprint density at radius 3 is 2.56 bits per heavy atom. The second kappa shape index (κ2) is 11.9. The zero-order valence-electron chi connectivity index (χ0n) is 17.1. The second-order valence-electron chi connectivity index (χ2n) is 6.64. The summed E-state index contributed by atoms with van der Waals surface area (Å²) in [6.45, 7) is -0.638. The molecule has 0 spiro atoms. The summed E-state index contributed by atoms with van der Waals surface area (Å²) in [5, 5.41) is 43.5. The van der Waals surface area contributed by atoms with E-state index in [2.05, 4.69) is 9.44 Å². The van der Waals surface area contributed by atoms with Crippen LogP contribution in [-0.4, -0.2) is 86.7 Å². The number of para-hydroxylation sites is 1. The number of aliphatic hydroxyl groups excluding tert-OH is 4. The van der Waals surface area contributed by atoms with Crippen molar-refractivity contribution < 1.29 is 98.6 Å². The molecule has 0 aliphatic carbocycles. The number of hydrogen-bond acceptors (Lipinski definition) is 12. The summed E-state index contributed by atoms with van der Waals surface area (Å²) in [6, 6.07) is 7.17. The van der Waals surface area contributed by atoms with E-state index in [1.807, 2.05) is 0 Å². The van der Waals surface area contributed by atoms with Crippen LogP contribution in [0.1, 0.15) is 5.56 Å². The summed E-state index contributed by atoms with van der Waals surface area (Å²) in [7, 11) is -3.70. The van der Waals surface area contributed by atoms with Crippen molar-refractivity contribution in [1.82, 2.24) is 4.73 Å². The minimum absolute atomic E-state index is 0. The molecule has 1 aromatic heterocycles. The van der Waals surface area contributed by atoms with Gasteiger partial charge in [-0.15, -0.1) is 0 Å². The van der Waals surface area contributed by atoms with Gasteiger partial charge >= 0.3 is 51.4 Å². The van der Waals surface area contributed by atoms with Gasteiger partial charge in [0.15, 0.2) is 0 Å². The average Bonchev–Trinajstić information content (AvgIpc) is 3.09. The summed E-state index contributed by atoms with van der Waals surface area (Å²) in [4.78, 5) is 5.26. The number of nitrogens with zero attached hydrogens (tertiary/aromatic N) is 2. The van der Waals surface area contributed by atoms with Crippen LogP contribution in [0.2, 0.25) is 0 Å². The number of aromatic nitrogens is 1. The first-order valence-corrected chi connectivity index (χ1v) is 11.2. The van der Waals surface area contributed by atoms with E-state index in [9.17, 15) is 33.4 Å². The van der Waals surface area contributed by atoms with Gasteiger partial charge in [0, 0.05) is 18.0 Å². The Morgan fingerprint density at radius 2 is 1.94 bits per heavy atom. The number of fused-ring (bicyclic) bond motifs is 1. The summed E-state index contributed by atoms with van der Waals surface area (Å²) in [5.41, 5.74) is 0.0952. The molecule has 1 aromatic carbocycles. The van der Waals surface area contributed by atoms with Crippen molar-refractivity contribution in [3.8, 4) is 0 Å². The van der Waals surface area contributed by atoms with E-state index in [1.54, 1.807) is 30.5 Å². The van der Waals surface area contributed by atoms with Gasteiger partial charge in [0.2, 0.25) is 0 Å². The largest absolute Gasteiger partial charge is 1.00 e. The van der Waals surface area contributed by atoms with Crippen molar-refractivity contribution >= 4 is 38.1 Å². The molecular formula is C17H21KN2O10S2. The SMILES string of the molecule is COn1cc(C/C(=N/OS(=O)(=O)[O-])S[C@@H]2O[C@H](CO)[C@@H](O)[C@H](O)[C@H]2O)c2ccccc21.[K+]. The number of hydrogen-bond donors (Lipinski definition) is 4. The molecule has 12 nitrogen and oxygen atoms in total. The molecule has 4 N–H and O–H groups in total. The first kappa shape index (κ1) is 28.0. The molecule has 32 heavy (non-hydrogen) atoms. The van der Waals surface area contributed by atoms with E-state index in [0.29, 0.717) is 17.3 Å². The number of thioether (sulfide) groups is 1. The maximum atomic E-state index is 10.9. The number of aliphatic hydroxyl groups is 4. The first-order chi connectivity index (χ1) is 14.6.